The van der Waals surface area contributed by atoms with Gasteiger partial charge in [0.15, 0.2) is 4.96 Å². The number of ether oxygens (including phenoxy) is 1. The van der Waals surface area contributed by atoms with Crippen LogP contribution in [0.15, 0.2) is 54.7 Å². The minimum Gasteiger partial charge on any atom is -1.00 e. The minimum atomic E-state index is 0. The van der Waals surface area contributed by atoms with Crippen LogP contribution in [0, 0.1) is 0 Å². The second-order valence-corrected chi connectivity index (χ2v) is 5.59. The van der Waals surface area contributed by atoms with Crippen molar-refractivity contribution < 1.29 is 21.7 Å². The largest absolute Gasteiger partial charge is 1.00 e. The Morgan fingerprint density at radius 2 is 1.90 bits per heavy atom. The molecule has 0 amide bonds. The summed E-state index contributed by atoms with van der Waals surface area (Å²) in [7, 11) is 1.69. The van der Waals surface area contributed by atoms with Gasteiger partial charge in [-0.15, -0.1) is 0 Å². The second kappa shape index (κ2) is 5.50. The molecule has 0 saturated heterocycles. The zero-order valence-electron chi connectivity index (χ0n) is 11.3. The number of methoxy groups -OCH3 is 1. The van der Waals surface area contributed by atoms with Crippen molar-refractivity contribution in [2.45, 2.75) is 0 Å². The molecular formula is C16H12BrN2OS-. The lowest BCUT2D eigenvalue weighted by atomic mass is 10.2. The normalized spacial score (nSPS) is 10.7. The van der Waals surface area contributed by atoms with E-state index in [9.17, 15) is 0 Å². The second-order valence-electron chi connectivity index (χ2n) is 4.58. The highest BCUT2D eigenvalue weighted by molar-refractivity contribution is 7.23. The van der Waals surface area contributed by atoms with Crippen LogP contribution in [0.3, 0.4) is 0 Å². The molecule has 0 fully saturated rings. The topological polar surface area (TPSA) is 26.5 Å². The predicted octanol–water partition coefficient (Wildman–Crippen LogP) is 1.23. The van der Waals surface area contributed by atoms with Crippen molar-refractivity contribution in [1.29, 1.82) is 0 Å². The predicted molar refractivity (Wildman–Crippen MR) is 82.6 cm³/mol. The van der Waals surface area contributed by atoms with Crippen LogP contribution < -0.4 is 21.7 Å². The summed E-state index contributed by atoms with van der Waals surface area (Å²) in [6, 6.07) is 16.4. The van der Waals surface area contributed by atoms with Gasteiger partial charge in [-0.1, -0.05) is 41.7 Å². The molecule has 21 heavy (non-hydrogen) atoms. The third kappa shape index (κ3) is 2.32. The first-order valence-electron chi connectivity index (χ1n) is 6.36. The van der Waals surface area contributed by atoms with E-state index in [2.05, 4.69) is 34.9 Å². The van der Waals surface area contributed by atoms with Crippen LogP contribution in [0.4, 0.5) is 0 Å². The fourth-order valence-corrected chi connectivity index (χ4v) is 3.39. The van der Waals surface area contributed by atoms with E-state index in [-0.39, 0.29) is 17.0 Å². The molecule has 0 bridgehead atoms. The van der Waals surface area contributed by atoms with Crippen LogP contribution in [0.25, 0.3) is 26.4 Å². The molecule has 0 aliphatic rings. The van der Waals surface area contributed by atoms with Gasteiger partial charge in [-0.05, 0) is 18.2 Å². The molecule has 0 aliphatic carbocycles. The SMILES string of the molecule is COc1ccc2c(c1)sc1nc(-c3ccccc3)cn12.[Br-]. The highest BCUT2D eigenvalue weighted by atomic mass is 79.9. The van der Waals surface area contributed by atoms with E-state index in [1.54, 1.807) is 18.4 Å². The number of aromatic nitrogens is 2. The van der Waals surface area contributed by atoms with Crippen LogP contribution >= 0.6 is 11.3 Å². The Labute approximate surface area is 136 Å². The van der Waals surface area contributed by atoms with Crippen molar-refractivity contribution in [3.05, 3.63) is 54.7 Å². The molecule has 0 spiro atoms. The number of imidazole rings is 1. The van der Waals surface area contributed by atoms with E-state index in [1.165, 1.54) is 10.2 Å². The lowest BCUT2D eigenvalue weighted by Gasteiger charge is -1.98. The molecule has 0 N–H and O–H groups in total. The molecule has 2 aromatic carbocycles. The molecule has 0 saturated carbocycles. The summed E-state index contributed by atoms with van der Waals surface area (Å²) >= 11 is 1.68. The Morgan fingerprint density at radius 1 is 1.10 bits per heavy atom. The lowest BCUT2D eigenvalue weighted by Crippen LogP contribution is -3.00. The third-order valence-electron chi connectivity index (χ3n) is 3.37. The van der Waals surface area contributed by atoms with Crippen molar-refractivity contribution in [2.75, 3.05) is 7.11 Å². The van der Waals surface area contributed by atoms with Gasteiger partial charge in [0.05, 0.1) is 23.0 Å². The van der Waals surface area contributed by atoms with Gasteiger partial charge in [-0.3, -0.25) is 4.40 Å². The molecular weight excluding hydrogens is 348 g/mol. The fourth-order valence-electron chi connectivity index (χ4n) is 2.36. The van der Waals surface area contributed by atoms with Crippen LogP contribution in [-0.4, -0.2) is 16.5 Å². The first kappa shape index (κ1) is 14.1. The molecule has 2 aromatic heterocycles. The Balaban J connectivity index is 0.00000132. The van der Waals surface area contributed by atoms with Gasteiger partial charge >= 0.3 is 0 Å². The smallest absolute Gasteiger partial charge is 0.195 e. The van der Waals surface area contributed by atoms with E-state index in [4.69, 9.17) is 9.72 Å². The number of fused-ring (bicyclic) bond motifs is 3. The summed E-state index contributed by atoms with van der Waals surface area (Å²) < 4.78 is 8.59. The lowest BCUT2D eigenvalue weighted by molar-refractivity contribution is -0.00000419. The fraction of sp³-hybridized carbons (Fsp3) is 0.0625. The first-order valence-corrected chi connectivity index (χ1v) is 7.18. The van der Waals surface area contributed by atoms with Crippen molar-refractivity contribution in [2.24, 2.45) is 0 Å². The van der Waals surface area contributed by atoms with Crippen LogP contribution in [0.5, 0.6) is 5.75 Å². The van der Waals surface area contributed by atoms with Gasteiger partial charge in [0.2, 0.25) is 0 Å². The minimum absolute atomic E-state index is 0. The standard InChI is InChI=1S/C16H12N2OS.BrH/c1-19-12-7-8-14-15(9-12)20-16-17-13(10-18(14)16)11-5-3-2-4-6-11;/h2-10H,1H3;1H/p-1. The number of nitrogens with zero attached hydrogens (tertiary/aromatic N) is 2. The van der Waals surface area contributed by atoms with E-state index < -0.39 is 0 Å². The maximum absolute atomic E-state index is 5.26. The molecule has 0 aliphatic heterocycles. The zero-order valence-corrected chi connectivity index (χ0v) is 13.7. The van der Waals surface area contributed by atoms with E-state index >= 15 is 0 Å². The highest BCUT2D eigenvalue weighted by Gasteiger charge is 2.10. The van der Waals surface area contributed by atoms with Crippen molar-refractivity contribution >= 4 is 26.5 Å². The van der Waals surface area contributed by atoms with Crippen LogP contribution in [0.2, 0.25) is 0 Å². The average Bonchev–Trinajstić information content (AvgIpc) is 3.05. The summed E-state index contributed by atoms with van der Waals surface area (Å²) in [5, 5.41) is 0. The van der Waals surface area contributed by atoms with E-state index in [1.807, 2.05) is 24.3 Å². The van der Waals surface area contributed by atoms with Gasteiger partial charge in [-0.2, -0.15) is 0 Å². The summed E-state index contributed by atoms with van der Waals surface area (Å²) in [5.41, 5.74) is 3.32. The molecule has 106 valence electrons. The molecule has 2 heterocycles. The van der Waals surface area contributed by atoms with E-state index in [0.29, 0.717) is 0 Å². The summed E-state index contributed by atoms with van der Waals surface area (Å²) in [6.07, 6.45) is 2.09. The zero-order chi connectivity index (χ0) is 13.5. The Morgan fingerprint density at radius 3 is 2.67 bits per heavy atom. The van der Waals surface area contributed by atoms with Gasteiger partial charge in [0.25, 0.3) is 0 Å². The van der Waals surface area contributed by atoms with Crippen LogP contribution in [-0.2, 0) is 0 Å². The number of halogens is 1. The molecule has 0 atom stereocenters. The van der Waals surface area contributed by atoms with Crippen molar-refractivity contribution in [3.8, 4) is 17.0 Å². The Kier molecular flexibility index (Phi) is 3.69. The Bertz CT molecular complexity index is 899. The van der Waals surface area contributed by atoms with Gasteiger partial charge < -0.3 is 21.7 Å². The summed E-state index contributed by atoms with van der Waals surface area (Å²) in [6.45, 7) is 0. The monoisotopic (exact) mass is 359 g/mol. The Hall–Kier alpha value is -1.85. The quantitative estimate of drug-likeness (QED) is 0.538. The summed E-state index contributed by atoms with van der Waals surface area (Å²) in [5.74, 6) is 0.880. The number of thiazole rings is 1. The van der Waals surface area contributed by atoms with Crippen LogP contribution in [0.1, 0.15) is 0 Å². The number of hydrogen-bond donors (Lipinski definition) is 0. The van der Waals surface area contributed by atoms with Crippen molar-refractivity contribution in [1.82, 2.24) is 9.38 Å². The third-order valence-corrected chi connectivity index (χ3v) is 4.39. The van der Waals surface area contributed by atoms with E-state index in [0.717, 1.165) is 22.0 Å². The molecule has 4 aromatic rings. The van der Waals surface area contributed by atoms with Gasteiger partial charge in [-0.25, -0.2) is 4.98 Å². The highest BCUT2D eigenvalue weighted by Crippen LogP contribution is 2.31. The number of benzene rings is 2. The summed E-state index contributed by atoms with van der Waals surface area (Å²) in [4.78, 5) is 5.72. The maximum atomic E-state index is 5.26. The molecule has 3 nitrogen and oxygen atoms in total. The van der Waals surface area contributed by atoms with Crippen molar-refractivity contribution in [3.63, 3.8) is 0 Å². The maximum Gasteiger partial charge on any atom is 0.195 e. The first-order chi connectivity index (χ1) is 9.85. The number of rotatable bonds is 2. The van der Waals surface area contributed by atoms with Gasteiger partial charge in [0.1, 0.15) is 5.75 Å². The molecule has 0 unspecified atom stereocenters. The molecule has 0 radical (unpaired) electrons. The average molecular weight is 360 g/mol. The molecule has 4 rings (SSSR count). The molecule has 5 heteroatoms. The van der Waals surface area contributed by atoms with Gasteiger partial charge in [0, 0.05) is 11.8 Å². The number of hydrogen-bond acceptors (Lipinski definition) is 3.